The van der Waals surface area contributed by atoms with Crippen molar-refractivity contribution in [3.8, 4) is 5.75 Å². The quantitative estimate of drug-likeness (QED) is 0.456. The smallest absolute Gasteiger partial charge is 0.173 e. The largest absolute Gasteiger partial charge is 0.497 e. The first-order chi connectivity index (χ1) is 12.2. The van der Waals surface area contributed by atoms with Gasteiger partial charge in [-0.25, -0.2) is 9.97 Å². The Bertz CT molecular complexity index is 862. The third-order valence-corrected chi connectivity index (χ3v) is 4.71. The van der Waals surface area contributed by atoms with Crippen LogP contribution in [0.2, 0.25) is 0 Å². The number of Topliss-reactive ketones (excluding diaryl/α,β-unsaturated/α-hetero) is 1. The molecule has 25 heavy (non-hydrogen) atoms. The van der Waals surface area contributed by atoms with Gasteiger partial charge in [0, 0.05) is 18.9 Å². The van der Waals surface area contributed by atoms with Gasteiger partial charge in [-0.2, -0.15) is 0 Å². The van der Waals surface area contributed by atoms with Crippen LogP contribution in [-0.4, -0.2) is 46.9 Å². The van der Waals surface area contributed by atoms with E-state index < -0.39 is 0 Å². The van der Waals surface area contributed by atoms with Crippen LogP contribution in [0.5, 0.6) is 5.75 Å². The number of carbonyl (C=O) groups excluding carboxylic acids is 1. The van der Waals surface area contributed by atoms with Gasteiger partial charge in [0.1, 0.15) is 11.3 Å². The highest BCUT2D eigenvalue weighted by Crippen LogP contribution is 2.24. The molecule has 0 fully saturated rings. The summed E-state index contributed by atoms with van der Waals surface area (Å²) in [6.45, 7) is 1.20. The summed E-state index contributed by atoms with van der Waals surface area (Å²) in [5.74, 6) is 1.09. The number of carbonyl (C=O) groups is 1. The molecular formula is C18H19N3O3S. The van der Waals surface area contributed by atoms with Crippen molar-refractivity contribution in [1.29, 1.82) is 0 Å². The second-order valence-electron chi connectivity index (χ2n) is 5.33. The van der Waals surface area contributed by atoms with E-state index in [-0.39, 0.29) is 5.78 Å². The lowest BCUT2D eigenvalue weighted by Crippen LogP contribution is -2.08. The summed E-state index contributed by atoms with van der Waals surface area (Å²) in [6.07, 6.45) is 1.74. The fourth-order valence-electron chi connectivity index (χ4n) is 2.42. The maximum absolute atomic E-state index is 12.4. The highest BCUT2D eigenvalue weighted by atomic mass is 32.2. The van der Waals surface area contributed by atoms with Gasteiger partial charge in [-0.3, -0.25) is 4.79 Å². The van der Waals surface area contributed by atoms with Crippen molar-refractivity contribution in [3.05, 3.63) is 48.2 Å². The van der Waals surface area contributed by atoms with Gasteiger partial charge in [-0.05, 0) is 36.4 Å². The Balaban J connectivity index is 1.76. The number of nitrogens with zero attached hydrogens (tertiary/aromatic N) is 3. The van der Waals surface area contributed by atoms with Gasteiger partial charge in [-0.15, -0.1) is 0 Å². The Hall–Kier alpha value is -2.38. The molecule has 6 nitrogen and oxygen atoms in total. The number of thioether (sulfide) groups is 1. The topological polar surface area (TPSA) is 66.2 Å². The van der Waals surface area contributed by atoms with Crippen LogP contribution in [-0.2, 0) is 11.3 Å². The molecule has 0 amide bonds. The fraction of sp³-hybridized carbons (Fsp3) is 0.278. The van der Waals surface area contributed by atoms with E-state index in [1.54, 1.807) is 44.7 Å². The summed E-state index contributed by atoms with van der Waals surface area (Å²) in [7, 11) is 3.26. The zero-order chi connectivity index (χ0) is 17.6. The molecule has 0 unspecified atom stereocenters. The van der Waals surface area contributed by atoms with Gasteiger partial charge in [0.25, 0.3) is 0 Å². The summed E-state index contributed by atoms with van der Waals surface area (Å²) in [5, 5.41) is 0.771. The van der Waals surface area contributed by atoms with E-state index in [9.17, 15) is 4.79 Å². The number of ether oxygens (including phenoxy) is 2. The van der Waals surface area contributed by atoms with E-state index in [0.29, 0.717) is 24.5 Å². The molecule has 0 radical (unpaired) electrons. The normalized spacial score (nSPS) is 11.0. The minimum absolute atomic E-state index is 0.0472. The first kappa shape index (κ1) is 17.4. The molecule has 0 saturated carbocycles. The summed E-state index contributed by atoms with van der Waals surface area (Å²) in [6, 6.07) is 10.9. The lowest BCUT2D eigenvalue weighted by Gasteiger charge is -2.07. The number of fused-ring (bicyclic) bond motifs is 1. The zero-order valence-electron chi connectivity index (χ0n) is 14.1. The first-order valence-corrected chi connectivity index (χ1v) is 8.81. The lowest BCUT2D eigenvalue weighted by atomic mass is 10.1. The number of imidazole rings is 1. The Labute approximate surface area is 150 Å². The molecule has 2 heterocycles. The maximum atomic E-state index is 12.4. The monoisotopic (exact) mass is 357 g/mol. The van der Waals surface area contributed by atoms with E-state index in [0.717, 1.165) is 22.1 Å². The van der Waals surface area contributed by atoms with Crippen LogP contribution in [0, 0.1) is 0 Å². The second kappa shape index (κ2) is 8.13. The maximum Gasteiger partial charge on any atom is 0.173 e. The molecule has 0 aliphatic carbocycles. The third kappa shape index (κ3) is 4.00. The van der Waals surface area contributed by atoms with Gasteiger partial charge in [0.05, 0.1) is 26.0 Å². The Morgan fingerprint density at radius 3 is 2.72 bits per heavy atom. The number of pyridine rings is 1. The minimum Gasteiger partial charge on any atom is -0.497 e. The molecule has 0 N–H and O–H groups in total. The molecule has 2 aromatic heterocycles. The molecule has 0 spiro atoms. The Morgan fingerprint density at radius 1 is 1.20 bits per heavy atom. The van der Waals surface area contributed by atoms with Crippen LogP contribution in [0.15, 0.2) is 47.8 Å². The molecule has 3 rings (SSSR count). The summed E-state index contributed by atoms with van der Waals surface area (Å²) >= 11 is 1.41. The van der Waals surface area contributed by atoms with Crippen molar-refractivity contribution >= 4 is 28.7 Å². The van der Waals surface area contributed by atoms with Gasteiger partial charge in [-0.1, -0.05) is 11.8 Å². The summed E-state index contributed by atoms with van der Waals surface area (Å²) < 4.78 is 12.3. The van der Waals surface area contributed by atoms with E-state index in [1.165, 1.54) is 11.8 Å². The Morgan fingerprint density at radius 2 is 2.00 bits per heavy atom. The molecule has 3 aromatic rings. The van der Waals surface area contributed by atoms with Crippen LogP contribution < -0.4 is 4.74 Å². The highest BCUT2D eigenvalue weighted by Gasteiger charge is 2.14. The molecule has 7 heteroatoms. The van der Waals surface area contributed by atoms with Crippen molar-refractivity contribution in [1.82, 2.24) is 14.5 Å². The number of benzene rings is 1. The van der Waals surface area contributed by atoms with Crippen LogP contribution in [0.3, 0.4) is 0 Å². The van der Waals surface area contributed by atoms with E-state index in [1.807, 2.05) is 16.7 Å². The van der Waals surface area contributed by atoms with Crippen molar-refractivity contribution in [2.45, 2.75) is 11.7 Å². The number of hydrogen-bond donors (Lipinski definition) is 0. The van der Waals surface area contributed by atoms with Gasteiger partial charge in [0.15, 0.2) is 16.6 Å². The molecule has 1 aromatic carbocycles. The molecule has 0 saturated heterocycles. The van der Waals surface area contributed by atoms with E-state index >= 15 is 0 Å². The number of rotatable bonds is 8. The SMILES string of the molecule is COCCn1c(SCC(=O)c2ccc(OC)cc2)nc2cccnc21. The van der Waals surface area contributed by atoms with E-state index in [2.05, 4.69) is 9.97 Å². The molecule has 0 aliphatic rings. The van der Waals surface area contributed by atoms with Gasteiger partial charge >= 0.3 is 0 Å². The van der Waals surface area contributed by atoms with Gasteiger partial charge < -0.3 is 14.0 Å². The number of ketones is 1. The van der Waals surface area contributed by atoms with Crippen LogP contribution >= 0.6 is 11.8 Å². The number of methoxy groups -OCH3 is 2. The standard InChI is InChI=1S/C18H19N3O3S/c1-23-11-10-21-17-15(4-3-9-19-17)20-18(21)25-12-16(22)13-5-7-14(24-2)8-6-13/h3-9H,10-12H2,1-2H3. The van der Waals surface area contributed by atoms with Crippen molar-refractivity contribution in [2.75, 3.05) is 26.6 Å². The Kier molecular flexibility index (Phi) is 5.67. The minimum atomic E-state index is 0.0472. The lowest BCUT2D eigenvalue weighted by molar-refractivity contribution is 0.102. The predicted octanol–water partition coefficient (Wildman–Crippen LogP) is 3.06. The second-order valence-corrected chi connectivity index (χ2v) is 6.27. The predicted molar refractivity (Wildman–Crippen MR) is 97.5 cm³/mol. The van der Waals surface area contributed by atoms with E-state index in [4.69, 9.17) is 9.47 Å². The summed E-state index contributed by atoms with van der Waals surface area (Å²) in [5.41, 5.74) is 2.28. The van der Waals surface area contributed by atoms with Crippen LogP contribution in [0.4, 0.5) is 0 Å². The molecule has 0 aliphatic heterocycles. The first-order valence-electron chi connectivity index (χ1n) is 7.83. The fourth-order valence-corrected chi connectivity index (χ4v) is 3.35. The number of hydrogen-bond acceptors (Lipinski definition) is 6. The highest BCUT2D eigenvalue weighted by molar-refractivity contribution is 7.99. The van der Waals surface area contributed by atoms with Crippen LogP contribution in [0.1, 0.15) is 10.4 Å². The molecule has 0 atom stereocenters. The average Bonchev–Trinajstić information content (AvgIpc) is 3.02. The number of aromatic nitrogens is 3. The molecular weight excluding hydrogens is 338 g/mol. The van der Waals surface area contributed by atoms with Crippen molar-refractivity contribution < 1.29 is 14.3 Å². The van der Waals surface area contributed by atoms with Crippen molar-refractivity contribution in [2.24, 2.45) is 0 Å². The van der Waals surface area contributed by atoms with Crippen LogP contribution in [0.25, 0.3) is 11.2 Å². The summed E-state index contributed by atoms with van der Waals surface area (Å²) in [4.78, 5) is 21.4. The molecule has 0 bridgehead atoms. The molecule has 130 valence electrons. The van der Waals surface area contributed by atoms with Crippen molar-refractivity contribution in [3.63, 3.8) is 0 Å². The average molecular weight is 357 g/mol. The van der Waals surface area contributed by atoms with Gasteiger partial charge in [0.2, 0.25) is 0 Å². The zero-order valence-corrected chi connectivity index (χ0v) is 15.0. The third-order valence-electron chi connectivity index (χ3n) is 3.73.